The summed E-state index contributed by atoms with van der Waals surface area (Å²) in [6.45, 7) is 4.52. The van der Waals surface area contributed by atoms with Crippen LogP contribution >= 0.6 is 22.6 Å². The predicted molar refractivity (Wildman–Crippen MR) is 52.2 cm³/mol. The van der Waals surface area contributed by atoms with Crippen LogP contribution in [0, 0.1) is 0 Å². The molecule has 0 aliphatic rings. The molecule has 0 amide bonds. The van der Waals surface area contributed by atoms with Gasteiger partial charge < -0.3 is 0 Å². The van der Waals surface area contributed by atoms with Gasteiger partial charge in [0.15, 0.2) is 0 Å². The van der Waals surface area contributed by atoms with Crippen LogP contribution < -0.4 is 0 Å². The van der Waals surface area contributed by atoms with Crippen molar-refractivity contribution in [1.29, 1.82) is 0 Å². The van der Waals surface area contributed by atoms with Crippen LogP contribution in [0.25, 0.3) is 0 Å². The summed E-state index contributed by atoms with van der Waals surface area (Å²) in [4.78, 5) is 0. The van der Waals surface area contributed by atoms with Crippen molar-refractivity contribution in [3.05, 3.63) is 0 Å². The predicted octanol–water partition coefficient (Wildman–Crippen LogP) is 3.78. The van der Waals surface area contributed by atoms with Gasteiger partial charge in [0.05, 0.1) is 0 Å². The minimum atomic E-state index is 0.925. The highest BCUT2D eigenvalue weighted by Gasteiger charge is 1.97. The Bertz CT molecular complexity index is 52.5. The van der Waals surface area contributed by atoms with Crippen LogP contribution in [0.15, 0.2) is 0 Å². The van der Waals surface area contributed by atoms with Crippen LogP contribution in [0.1, 0.15) is 46.0 Å². The monoisotopic (exact) mass is 240 g/mol. The molecule has 0 fully saturated rings. The molecular formula is C8H17I. The first-order chi connectivity index (χ1) is 4.31. The van der Waals surface area contributed by atoms with Gasteiger partial charge in [-0.05, 0) is 12.8 Å². The van der Waals surface area contributed by atoms with E-state index in [1.807, 2.05) is 0 Å². The van der Waals surface area contributed by atoms with E-state index in [1.165, 1.54) is 32.1 Å². The molecule has 0 nitrogen and oxygen atoms in total. The highest BCUT2D eigenvalue weighted by molar-refractivity contribution is 14.1. The van der Waals surface area contributed by atoms with E-state index in [0.29, 0.717) is 0 Å². The molecule has 0 radical (unpaired) electrons. The van der Waals surface area contributed by atoms with Crippen molar-refractivity contribution in [1.82, 2.24) is 0 Å². The van der Waals surface area contributed by atoms with Crippen molar-refractivity contribution in [3.63, 3.8) is 0 Å². The van der Waals surface area contributed by atoms with E-state index in [9.17, 15) is 0 Å². The maximum Gasteiger partial charge on any atom is 0.0107 e. The lowest BCUT2D eigenvalue weighted by Crippen LogP contribution is -1.93. The second-order valence-electron chi connectivity index (χ2n) is 2.50. The molecule has 0 aromatic rings. The molecule has 1 heteroatoms. The second-order valence-corrected chi connectivity index (χ2v) is 4.26. The van der Waals surface area contributed by atoms with E-state index in [-0.39, 0.29) is 0 Å². The summed E-state index contributed by atoms with van der Waals surface area (Å²) in [6, 6.07) is 0. The lowest BCUT2D eigenvalue weighted by molar-refractivity contribution is 0.647. The van der Waals surface area contributed by atoms with Crippen molar-refractivity contribution in [3.8, 4) is 0 Å². The van der Waals surface area contributed by atoms with Gasteiger partial charge >= 0.3 is 0 Å². The largest absolute Gasteiger partial charge is 0.0826 e. The van der Waals surface area contributed by atoms with Crippen LogP contribution in [0.5, 0.6) is 0 Å². The van der Waals surface area contributed by atoms with E-state index < -0.39 is 0 Å². The topological polar surface area (TPSA) is 0 Å². The van der Waals surface area contributed by atoms with Crippen molar-refractivity contribution in [2.75, 3.05) is 0 Å². The maximum absolute atomic E-state index is 2.55. The Labute approximate surface area is 72.6 Å². The third kappa shape index (κ3) is 6.62. The molecule has 0 aliphatic heterocycles. The smallest absolute Gasteiger partial charge is 0.0107 e. The lowest BCUT2D eigenvalue weighted by Gasteiger charge is -2.03. The van der Waals surface area contributed by atoms with Gasteiger partial charge in [0.25, 0.3) is 0 Å². The van der Waals surface area contributed by atoms with Crippen molar-refractivity contribution in [2.24, 2.45) is 0 Å². The van der Waals surface area contributed by atoms with Gasteiger partial charge in [-0.2, -0.15) is 0 Å². The van der Waals surface area contributed by atoms with Gasteiger partial charge in [-0.15, -0.1) is 0 Å². The Kier molecular flexibility index (Phi) is 7.40. The molecule has 0 saturated heterocycles. The molecule has 0 unspecified atom stereocenters. The highest BCUT2D eigenvalue weighted by atomic mass is 127. The quantitative estimate of drug-likeness (QED) is 0.389. The zero-order valence-corrected chi connectivity index (χ0v) is 8.65. The van der Waals surface area contributed by atoms with Gasteiger partial charge in [-0.1, -0.05) is 55.7 Å². The average molecular weight is 240 g/mol. The Morgan fingerprint density at radius 2 is 1.89 bits per heavy atom. The third-order valence-electron chi connectivity index (χ3n) is 1.56. The fourth-order valence-corrected chi connectivity index (χ4v) is 1.26. The van der Waals surface area contributed by atoms with Gasteiger partial charge in [0.2, 0.25) is 0 Å². The van der Waals surface area contributed by atoms with Gasteiger partial charge in [-0.3, -0.25) is 0 Å². The summed E-state index contributed by atoms with van der Waals surface area (Å²) in [5, 5.41) is 0. The first kappa shape index (κ1) is 9.73. The molecular weight excluding hydrogens is 223 g/mol. The summed E-state index contributed by atoms with van der Waals surface area (Å²) >= 11 is 2.55. The molecule has 9 heavy (non-hydrogen) atoms. The number of alkyl halides is 1. The molecule has 0 spiro atoms. The van der Waals surface area contributed by atoms with Crippen LogP contribution in [0.4, 0.5) is 0 Å². The molecule has 56 valence electrons. The molecule has 0 rings (SSSR count). The molecule has 0 aromatic carbocycles. The van der Waals surface area contributed by atoms with Crippen LogP contribution in [-0.2, 0) is 0 Å². The molecule has 0 aliphatic carbocycles. The average Bonchev–Trinajstić information content (AvgIpc) is 1.89. The third-order valence-corrected chi connectivity index (χ3v) is 3.07. The van der Waals surface area contributed by atoms with E-state index in [2.05, 4.69) is 36.4 Å². The number of unbranched alkanes of at least 4 members (excludes halogenated alkanes) is 2. The van der Waals surface area contributed by atoms with Crippen molar-refractivity contribution in [2.45, 2.75) is 49.9 Å². The van der Waals surface area contributed by atoms with Crippen molar-refractivity contribution >= 4 is 22.6 Å². The standard InChI is InChI=1S/C8H17I/c1-3-5-6-7-8(9)4-2/h8H,3-7H2,1-2H3/t8-/m0/s1. The molecule has 0 saturated carbocycles. The van der Waals surface area contributed by atoms with Gasteiger partial charge in [0.1, 0.15) is 0 Å². The molecule has 0 heterocycles. The Balaban J connectivity index is 2.88. The summed E-state index contributed by atoms with van der Waals surface area (Å²) < 4.78 is 0.925. The summed E-state index contributed by atoms with van der Waals surface area (Å²) in [5.41, 5.74) is 0. The zero-order chi connectivity index (χ0) is 7.11. The van der Waals surface area contributed by atoms with Crippen LogP contribution in [-0.4, -0.2) is 3.92 Å². The normalized spacial score (nSPS) is 13.7. The second kappa shape index (κ2) is 6.84. The molecule has 1 atom stereocenters. The van der Waals surface area contributed by atoms with E-state index in [4.69, 9.17) is 0 Å². The summed E-state index contributed by atoms with van der Waals surface area (Å²) in [5.74, 6) is 0. The van der Waals surface area contributed by atoms with Crippen molar-refractivity contribution < 1.29 is 0 Å². The number of halogens is 1. The first-order valence-electron chi connectivity index (χ1n) is 3.95. The molecule has 0 N–H and O–H groups in total. The Hall–Kier alpha value is 0.730. The number of hydrogen-bond acceptors (Lipinski definition) is 0. The minimum absolute atomic E-state index is 0.925. The van der Waals surface area contributed by atoms with Crippen LogP contribution in [0.2, 0.25) is 0 Å². The minimum Gasteiger partial charge on any atom is -0.0826 e. The Morgan fingerprint density at radius 1 is 1.22 bits per heavy atom. The van der Waals surface area contributed by atoms with Gasteiger partial charge in [0, 0.05) is 3.92 Å². The zero-order valence-electron chi connectivity index (χ0n) is 6.49. The van der Waals surface area contributed by atoms with Gasteiger partial charge in [-0.25, -0.2) is 0 Å². The van der Waals surface area contributed by atoms with Crippen LogP contribution in [0.3, 0.4) is 0 Å². The maximum atomic E-state index is 2.55. The van der Waals surface area contributed by atoms with E-state index in [0.717, 1.165) is 3.92 Å². The molecule has 0 bridgehead atoms. The number of hydrogen-bond donors (Lipinski definition) is 0. The lowest BCUT2D eigenvalue weighted by atomic mass is 10.1. The first-order valence-corrected chi connectivity index (χ1v) is 5.19. The summed E-state index contributed by atoms with van der Waals surface area (Å²) in [7, 11) is 0. The fraction of sp³-hybridized carbons (Fsp3) is 1.00. The Morgan fingerprint density at radius 3 is 2.33 bits per heavy atom. The highest BCUT2D eigenvalue weighted by Crippen LogP contribution is 2.13. The summed E-state index contributed by atoms with van der Waals surface area (Å²) in [6.07, 6.45) is 6.96. The number of rotatable bonds is 5. The SMILES string of the molecule is CCCCC[C@@H](I)CC. The molecule has 0 aromatic heterocycles. The van der Waals surface area contributed by atoms with E-state index >= 15 is 0 Å². The fourth-order valence-electron chi connectivity index (χ4n) is 0.820. The van der Waals surface area contributed by atoms with E-state index in [1.54, 1.807) is 0 Å².